The van der Waals surface area contributed by atoms with Crippen molar-refractivity contribution in [1.29, 1.82) is 0 Å². The van der Waals surface area contributed by atoms with Crippen LogP contribution in [0.5, 0.6) is 5.75 Å². The first kappa shape index (κ1) is 22.4. The van der Waals surface area contributed by atoms with Gasteiger partial charge in [-0.3, -0.25) is 9.59 Å². The molecule has 0 unspecified atom stereocenters. The van der Waals surface area contributed by atoms with Gasteiger partial charge in [-0.15, -0.1) is 0 Å². The average molecular weight is 438 g/mol. The second-order valence-corrected chi connectivity index (χ2v) is 7.50. The van der Waals surface area contributed by atoms with Gasteiger partial charge in [0.25, 0.3) is 5.91 Å². The summed E-state index contributed by atoms with van der Waals surface area (Å²) in [7, 11) is 1.50. The summed E-state index contributed by atoms with van der Waals surface area (Å²) in [6.07, 6.45) is 0.285. The predicted octanol–water partition coefficient (Wildman–Crippen LogP) is 5.45. The molecule has 0 atom stereocenters. The van der Waals surface area contributed by atoms with E-state index in [0.717, 1.165) is 11.1 Å². The van der Waals surface area contributed by atoms with E-state index in [4.69, 9.17) is 21.4 Å². The first-order valence-electron chi connectivity index (χ1n) is 9.97. The van der Waals surface area contributed by atoms with Crippen molar-refractivity contribution in [3.8, 4) is 5.75 Å². The summed E-state index contributed by atoms with van der Waals surface area (Å²) in [5.41, 5.74) is 2.19. The van der Waals surface area contributed by atoms with Gasteiger partial charge in [-0.2, -0.15) is 0 Å². The third kappa shape index (κ3) is 5.64. The Morgan fingerprint density at radius 2 is 1.55 bits per heavy atom. The van der Waals surface area contributed by atoms with Gasteiger partial charge in [0, 0.05) is 18.0 Å². The van der Waals surface area contributed by atoms with Crippen LogP contribution >= 0.6 is 11.6 Å². The second-order valence-electron chi connectivity index (χ2n) is 7.06. The molecule has 0 aliphatic carbocycles. The zero-order valence-electron chi connectivity index (χ0n) is 17.2. The molecule has 3 aromatic rings. The van der Waals surface area contributed by atoms with Gasteiger partial charge in [0.1, 0.15) is 5.75 Å². The number of methoxy groups -OCH3 is 1. The Labute approximate surface area is 186 Å². The fraction of sp³-hybridized carbons (Fsp3) is 0.200. The number of hydrogen-bond acceptors (Lipinski definition) is 3. The van der Waals surface area contributed by atoms with Crippen molar-refractivity contribution >= 4 is 23.5 Å². The number of halogens is 1. The highest BCUT2D eigenvalue weighted by molar-refractivity contribution is 6.31. The zero-order chi connectivity index (χ0) is 22.2. The Bertz CT molecular complexity index is 985. The molecule has 1 N–H and O–H groups in total. The molecule has 3 aromatic carbocycles. The van der Waals surface area contributed by atoms with Crippen LogP contribution in [0.3, 0.4) is 0 Å². The van der Waals surface area contributed by atoms with E-state index in [1.807, 2.05) is 60.7 Å². The SMILES string of the molecule is COc1ccc(Cl)cc1C(=O)N(CCCC(=O)O)C(c1ccccc1)c1ccccc1. The van der Waals surface area contributed by atoms with Crippen LogP contribution in [0, 0.1) is 0 Å². The van der Waals surface area contributed by atoms with Crippen molar-refractivity contribution in [2.75, 3.05) is 13.7 Å². The maximum absolute atomic E-state index is 13.8. The number of rotatable bonds is 9. The fourth-order valence-electron chi connectivity index (χ4n) is 3.57. The Morgan fingerprint density at radius 3 is 2.06 bits per heavy atom. The minimum atomic E-state index is -0.899. The maximum atomic E-state index is 13.8. The van der Waals surface area contributed by atoms with Gasteiger partial charge in [0.05, 0.1) is 18.7 Å². The summed E-state index contributed by atoms with van der Waals surface area (Å²) >= 11 is 6.18. The number of ether oxygens (including phenoxy) is 1. The average Bonchev–Trinajstić information content (AvgIpc) is 2.79. The quantitative estimate of drug-likeness (QED) is 0.483. The number of nitrogens with zero attached hydrogens (tertiary/aromatic N) is 1. The first-order valence-corrected chi connectivity index (χ1v) is 10.3. The van der Waals surface area contributed by atoms with E-state index in [1.165, 1.54) is 7.11 Å². The molecule has 31 heavy (non-hydrogen) atoms. The molecule has 0 radical (unpaired) electrons. The predicted molar refractivity (Wildman–Crippen MR) is 121 cm³/mol. The normalized spacial score (nSPS) is 10.7. The van der Waals surface area contributed by atoms with Gasteiger partial charge in [-0.05, 0) is 35.7 Å². The molecule has 5 nitrogen and oxygen atoms in total. The molecule has 0 aliphatic rings. The maximum Gasteiger partial charge on any atom is 0.303 e. The largest absolute Gasteiger partial charge is 0.496 e. The molecular weight excluding hydrogens is 414 g/mol. The Hall–Kier alpha value is -3.31. The highest BCUT2D eigenvalue weighted by atomic mass is 35.5. The van der Waals surface area contributed by atoms with E-state index in [9.17, 15) is 9.59 Å². The molecule has 0 aromatic heterocycles. The van der Waals surface area contributed by atoms with Gasteiger partial charge >= 0.3 is 5.97 Å². The van der Waals surface area contributed by atoms with Gasteiger partial charge in [-0.1, -0.05) is 72.3 Å². The number of hydrogen-bond donors (Lipinski definition) is 1. The zero-order valence-corrected chi connectivity index (χ0v) is 18.0. The summed E-state index contributed by atoms with van der Waals surface area (Å²) in [5.74, 6) is -0.760. The smallest absolute Gasteiger partial charge is 0.303 e. The molecule has 0 saturated carbocycles. The molecule has 1 amide bonds. The third-order valence-corrected chi connectivity index (χ3v) is 5.22. The van der Waals surface area contributed by atoms with Crippen molar-refractivity contribution in [3.05, 3.63) is 101 Å². The van der Waals surface area contributed by atoms with Gasteiger partial charge in [-0.25, -0.2) is 0 Å². The molecule has 160 valence electrons. The number of carboxylic acids is 1. The molecular formula is C25H24ClNO4. The van der Waals surface area contributed by atoms with E-state index >= 15 is 0 Å². The Morgan fingerprint density at radius 1 is 0.968 bits per heavy atom. The van der Waals surface area contributed by atoms with E-state index in [1.54, 1.807) is 23.1 Å². The minimum Gasteiger partial charge on any atom is -0.496 e. The van der Waals surface area contributed by atoms with Crippen LogP contribution in [0.2, 0.25) is 5.02 Å². The molecule has 3 rings (SSSR count). The van der Waals surface area contributed by atoms with E-state index in [2.05, 4.69) is 0 Å². The van der Waals surface area contributed by atoms with E-state index in [0.29, 0.717) is 22.8 Å². The Balaban J connectivity index is 2.10. The molecule has 0 spiro atoms. The van der Waals surface area contributed by atoms with Crippen LogP contribution in [0.4, 0.5) is 0 Å². The topological polar surface area (TPSA) is 66.8 Å². The summed E-state index contributed by atoms with van der Waals surface area (Å²) in [4.78, 5) is 26.6. The lowest BCUT2D eigenvalue weighted by atomic mass is 9.95. The van der Waals surface area contributed by atoms with Crippen molar-refractivity contribution < 1.29 is 19.4 Å². The van der Waals surface area contributed by atoms with Crippen LogP contribution in [0.25, 0.3) is 0 Å². The van der Waals surface area contributed by atoms with Crippen molar-refractivity contribution in [1.82, 2.24) is 4.90 Å². The van der Waals surface area contributed by atoms with Crippen LogP contribution in [0.1, 0.15) is 40.4 Å². The Kier molecular flexibility index (Phi) is 7.68. The van der Waals surface area contributed by atoms with Crippen molar-refractivity contribution in [3.63, 3.8) is 0 Å². The summed E-state index contributed by atoms with van der Waals surface area (Å²) in [6.45, 7) is 0.259. The van der Waals surface area contributed by atoms with Crippen molar-refractivity contribution in [2.24, 2.45) is 0 Å². The van der Waals surface area contributed by atoms with Crippen LogP contribution < -0.4 is 4.74 Å². The molecule has 0 aliphatic heterocycles. The summed E-state index contributed by atoms with van der Waals surface area (Å²) in [5, 5.41) is 9.55. The highest BCUT2D eigenvalue weighted by Gasteiger charge is 2.29. The lowest BCUT2D eigenvalue weighted by Gasteiger charge is -2.33. The standard InChI is InChI=1S/C25H24ClNO4/c1-31-22-15-14-20(26)17-21(22)25(30)27(16-8-13-23(28)29)24(18-9-4-2-5-10-18)19-11-6-3-7-12-19/h2-7,9-12,14-15,17,24H,8,13,16H2,1H3,(H,28,29). The van der Waals surface area contributed by atoms with Crippen LogP contribution in [-0.2, 0) is 4.79 Å². The molecule has 6 heteroatoms. The van der Waals surface area contributed by atoms with Crippen LogP contribution in [-0.4, -0.2) is 35.5 Å². The molecule has 0 heterocycles. The second kappa shape index (κ2) is 10.6. The monoisotopic (exact) mass is 437 g/mol. The lowest BCUT2D eigenvalue weighted by Crippen LogP contribution is -2.37. The summed E-state index contributed by atoms with van der Waals surface area (Å²) < 4.78 is 5.41. The van der Waals surface area contributed by atoms with E-state index < -0.39 is 12.0 Å². The third-order valence-electron chi connectivity index (χ3n) is 4.98. The molecule has 0 fully saturated rings. The van der Waals surface area contributed by atoms with Crippen LogP contribution in [0.15, 0.2) is 78.9 Å². The minimum absolute atomic E-state index is 0.0350. The van der Waals surface area contributed by atoms with Gasteiger partial charge in [0.2, 0.25) is 0 Å². The molecule has 0 saturated heterocycles. The fourth-order valence-corrected chi connectivity index (χ4v) is 3.75. The number of benzene rings is 3. The van der Waals surface area contributed by atoms with Crippen molar-refractivity contribution in [2.45, 2.75) is 18.9 Å². The van der Waals surface area contributed by atoms with E-state index in [-0.39, 0.29) is 18.9 Å². The van der Waals surface area contributed by atoms with Gasteiger partial charge < -0.3 is 14.7 Å². The number of carbonyl (C=O) groups excluding carboxylic acids is 1. The van der Waals surface area contributed by atoms with Gasteiger partial charge in [0.15, 0.2) is 0 Å². The number of aliphatic carboxylic acids is 1. The number of carboxylic acid groups (broad SMARTS) is 1. The number of carbonyl (C=O) groups is 2. The number of amides is 1. The first-order chi connectivity index (χ1) is 15.0. The lowest BCUT2D eigenvalue weighted by molar-refractivity contribution is -0.137. The highest BCUT2D eigenvalue weighted by Crippen LogP contribution is 2.33. The summed E-state index contributed by atoms with van der Waals surface area (Å²) in [6, 6.07) is 23.9. The molecule has 0 bridgehead atoms.